The third kappa shape index (κ3) is 4.32. The molecule has 1 heterocycles. The number of nitrogens with one attached hydrogen (secondary N) is 1. The highest BCUT2D eigenvalue weighted by Crippen LogP contribution is 2.24. The van der Waals surface area contributed by atoms with Crippen LogP contribution in [0.4, 0.5) is 0 Å². The fraction of sp³-hybridized carbons (Fsp3) is 0.562. The molecule has 1 fully saturated rings. The highest BCUT2D eigenvalue weighted by Gasteiger charge is 2.40. The van der Waals surface area contributed by atoms with Crippen LogP contribution in [0.25, 0.3) is 0 Å². The fourth-order valence-corrected chi connectivity index (χ4v) is 2.77. The summed E-state index contributed by atoms with van der Waals surface area (Å²) in [5.74, 6) is 0.0412. The number of hydrogen-bond donors (Lipinski definition) is 2. The smallest absolute Gasteiger partial charge is 0.234 e. The number of amides is 1. The van der Waals surface area contributed by atoms with E-state index in [0.717, 1.165) is 19.3 Å². The van der Waals surface area contributed by atoms with Crippen LogP contribution in [0.3, 0.4) is 0 Å². The Morgan fingerprint density at radius 1 is 1.35 bits per heavy atom. The van der Waals surface area contributed by atoms with Gasteiger partial charge in [0.15, 0.2) is 0 Å². The first kappa shape index (κ1) is 15.0. The molecule has 20 heavy (non-hydrogen) atoms. The van der Waals surface area contributed by atoms with Crippen molar-refractivity contribution < 1.29 is 9.90 Å². The molecule has 0 aromatic heterocycles. The Kier molecular flexibility index (Phi) is 5.15. The molecule has 4 nitrogen and oxygen atoms in total. The van der Waals surface area contributed by atoms with E-state index in [1.807, 2.05) is 23.1 Å². The summed E-state index contributed by atoms with van der Waals surface area (Å²) in [6.07, 6.45) is 2.65. The second-order valence-corrected chi connectivity index (χ2v) is 5.71. The Hall–Kier alpha value is -1.39. The Bertz CT molecular complexity index is 427. The van der Waals surface area contributed by atoms with Crippen LogP contribution in [0.2, 0.25) is 0 Å². The van der Waals surface area contributed by atoms with Crippen LogP contribution in [0.5, 0.6) is 0 Å². The Labute approximate surface area is 120 Å². The lowest BCUT2D eigenvalue weighted by atomic mass is 9.89. The van der Waals surface area contributed by atoms with Gasteiger partial charge in [-0.05, 0) is 18.4 Å². The molecule has 1 aliphatic rings. The number of benzene rings is 1. The minimum atomic E-state index is -0.556. The number of aliphatic hydroxyl groups is 1. The Morgan fingerprint density at radius 3 is 2.70 bits per heavy atom. The lowest BCUT2D eigenvalue weighted by Crippen LogP contribution is -2.63. The van der Waals surface area contributed by atoms with Gasteiger partial charge in [0.05, 0.1) is 12.1 Å². The lowest BCUT2D eigenvalue weighted by Gasteiger charge is -2.46. The van der Waals surface area contributed by atoms with Gasteiger partial charge in [-0.15, -0.1) is 0 Å². The Morgan fingerprint density at radius 2 is 2.05 bits per heavy atom. The summed E-state index contributed by atoms with van der Waals surface area (Å²) < 4.78 is 0. The molecular formula is C16H24N2O2. The number of carbonyl (C=O) groups excluding carboxylic acids is 1. The van der Waals surface area contributed by atoms with Crippen LogP contribution < -0.4 is 5.32 Å². The SMILES string of the molecule is CCCC1(O)CN(CC(=O)NCCc2ccccc2)C1. The summed E-state index contributed by atoms with van der Waals surface area (Å²) in [5.41, 5.74) is 0.674. The third-order valence-corrected chi connectivity index (χ3v) is 3.70. The summed E-state index contributed by atoms with van der Waals surface area (Å²) in [6.45, 7) is 4.35. The molecule has 0 radical (unpaired) electrons. The van der Waals surface area contributed by atoms with Gasteiger partial charge in [0.2, 0.25) is 5.91 Å². The van der Waals surface area contributed by atoms with E-state index in [-0.39, 0.29) is 5.91 Å². The van der Waals surface area contributed by atoms with Gasteiger partial charge in [-0.1, -0.05) is 43.7 Å². The van der Waals surface area contributed by atoms with E-state index < -0.39 is 5.60 Å². The van der Waals surface area contributed by atoms with Crippen LogP contribution in [0, 0.1) is 0 Å². The Balaban J connectivity index is 1.60. The van der Waals surface area contributed by atoms with Crippen LogP contribution in [-0.2, 0) is 11.2 Å². The number of rotatable bonds is 7. The first-order valence-electron chi connectivity index (χ1n) is 7.37. The molecule has 2 rings (SSSR count). The predicted molar refractivity (Wildman–Crippen MR) is 79.5 cm³/mol. The highest BCUT2D eigenvalue weighted by atomic mass is 16.3. The number of β-amino-alcohol motifs (C(OH)–C–C–N with tert-alkyl or cyclic N) is 1. The normalized spacial score (nSPS) is 17.5. The van der Waals surface area contributed by atoms with Crippen molar-refractivity contribution in [2.75, 3.05) is 26.2 Å². The number of carbonyl (C=O) groups is 1. The summed E-state index contributed by atoms with van der Waals surface area (Å²) in [5, 5.41) is 13.0. The van der Waals surface area contributed by atoms with Crippen molar-refractivity contribution in [2.24, 2.45) is 0 Å². The van der Waals surface area contributed by atoms with Gasteiger partial charge in [-0.2, -0.15) is 0 Å². The molecule has 1 amide bonds. The largest absolute Gasteiger partial charge is 0.387 e. The van der Waals surface area contributed by atoms with E-state index in [1.165, 1.54) is 5.56 Å². The highest BCUT2D eigenvalue weighted by molar-refractivity contribution is 5.78. The maximum absolute atomic E-state index is 11.8. The molecule has 0 aliphatic carbocycles. The maximum atomic E-state index is 11.8. The van der Waals surface area contributed by atoms with Gasteiger partial charge in [-0.3, -0.25) is 9.69 Å². The first-order valence-corrected chi connectivity index (χ1v) is 7.37. The van der Waals surface area contributed by atoms with Gasteiger partial charge in [0.25, 0.3) is 0 Å². The van der Waals surface area contributed by atoms with Crippen molar-refractivity contribution in [3.63, 3.8) is 0 Å². The summed E-state index contributed by atoms with van der Waals surface area (Å²) in [6, 6.07) is 10.1. The van der Waals surface area contributed by atoms with Crippen molar-refractivity contribution >= 4 is 5.91 Å². The second-order valence-electron chi connectivity index (χ2n) is 5.71. The van der Waals surface area contributed by atoms with Crippen molar-refractivity contribution in [3.8, 4) is 0 Å². The van der Waals surface area contributed by atoms with E-state index in [1.54, 1.807) is 0 Å². The van der Waals surface area contributed by atoms with E-state index in [4.69, 9.17) is 0 Å². The van der Waals surface area contributed by atoms with Crippen molar-refractivity contribution in [1.82, 2.24) is 10.2 Å². The zero-order valence-electron chi connectivity index (χ0n) is 12.1. The van der Waals surface area contributed by atoms with Crippen LogP contribution in [0.15, 0.2) is 30.3 Å². The molecule has 0 spiro atoms. The standard InChI is InChI=1S/C16H24N2O2/c1-2-9-16(20)12-18(13-16)11-15(19)17-10-8-14-6-4-3-5-7-14/h3-7,20H,2,8-13H2,1H3,(H,17,19). The summed E-state index contributed by atoms with van der Waals surface area (Å²) in [4.78, 5) is 13.8. The van der Waals surface area contributed by atoms with E-state index in [9.17, 15) is 9.90 Å². The van der Waals surface area contributed by atoms with Crippen LogP contribution in [-0.4, -0.2) is 47.7 Å². The molecule has 1 aromatic carbocycles. The number of likely N-dealkylation sites (tertiary alicyclic amines) is 1. The van der Waals surface area contributed by atoms with E-state index >= 15 is 0 Å². The van der Waals surface area contributed by atoms with E-state index in [2.05, 4.69) is 24.4 Å². The summed E-state index contributed by atoms with van der Waals surface area (Å²) >= 11 is 0. The molecule has 0 bridgehead atoms. The average Bonchev–Trinajstić information content (AvgIpc) is 2.38. The third-order valence-electron chi connectivity index (χ3n) is 3.70. The fourth-order valence-electron chi connectivity index (χ4n) is 2.77. The first-order chi connectivity index (χ1) is 9.61. The molecule has 0 atom stereocenters. The number of hydrogen-bond acceptors (Lipinski definition) is 3. The minimum Gasteiger partial charge on any atom is -0.387 e. The molecule has 110 valence electrons. The van der Waals surface area contributed by atoms with Crippen molar-refractivity contribution in [1.29, 1.82) is 0 Å². The molecule has 0 saturated carbocycles. The molecular weight excluding hydrogens is 252 g/mol. The molecule has 1 aromatic rings. The van der Waals surface area contributed by atoms with Gasteiger partial charge in [-0.25, -0.2) is 0 Å². The molecule has 2 N–H and O–H groups in total. The molecule has 1 saturated heterocycles. The van der Waals surface area contributed by atoms with E-state index in [0.29, 0.717) is 26.2 Å². The quantitative estimate of drug-likeness (QED) is 0.786. The lowest BCUT2D eigenvalue weighted by molar-refractivity contribution is -0.133. The maximum Gasteiger partial charge on any atom is 0.234 e. The zero-order valence-corrected chi connectivity index (χ0v) is 12.1. The molecule has 1 aliphatic heterocycles. The van der Waals surface area contributed by atoms with Crippen molar-refractivity contribution in [2.45, 2.75) is 31.8 Å². The molecule has 4 heteroatoms. The second kappa shape index (κ2) is 6.86. The average molecular weight is 276 g/mol. The van der Waals surface area contributed by atoms with Gasteiger partial charge in [0, 0.05) is 19.6 Å². The number of nitrogens with zero attached hydrogens (tertiary/aromatic N) is 1. The van der Waals surface area contributed by atoms with Gasteiger partial charge < -0.3 is 10.4 Å². The summed E-state index contributed by atoms with van der Waals surface area (Å²) in [7, 11) is 0. The predicted octanol–water partition coefficient (Wildman–Crippen LogP) is 1.19. The minimum absolute atomic E-state index is 0.0412. The van der Waals surface area contributed by atoms with Crippen molar-refractivity contribution in [3.05, 3.63) is 35.9 Å². The monoisotopic (exact) mass is 276 g/mol. The van der Waals surface area contributed by atoms with Gasteiger partial charge >= 0.3 is 0 Å². The van der Waals surface area contributed by atoms with Gasteiger partial charge in [0.1, 0.15) is 0 Å². The zero-order chi connectivity index (χ0) is 14.4. The van der Waals surface area contributed by atoms with Crippen LogP contribution in [0.1, 0.15) is 25.3 Å². The topological polar surface area (TPSA) is 52.6 Å². The molecule has 0 unspecified atom stereocenters. The van der Waals surface area contributed by atoms with Crippen LogP contribution >= 0.6 is 0 Å².